The summed E-state index contributed by atoms with van der Waals surface area (Å²) in [5, 5.41) is 9.04. The van der Waals surface area contributed by atoms with E-state index >= 15 is 0 Å². The zero-order chi connectivity index (χ0) is 21.4. The molecule has 152 valence electrons. The van der Waals surface area contributed by atoms with E-state index in [1.807, 2.05) is 6.92 Å². The van der Waals surface area contributed by atoms with Gasteiger partial charge in [0.25, 0.3) is 0 Å². The molecule has 6 heteroatoms. The van der Waals surface area contributed by atoms with Gasteiger partial charge in [-0.25, -0.2) is 9.78 Å². The van der Waals surface area contributed by atoms with Gasteiger partial charge in [0.15, 0.2) is 0 Å². The van der Waals surface area contributed by atoms with Gasteiger partial charge in [0.1, 0.15) is 5.82 Å². The van der Waals surface area contributed by atoms with Gasteiger partial charge in [-0.2, -0.15) is 0 Å². The largest absolute Gasteiger partial charge is 0.478 e. The number of benzene rings is 1. The van der Waals surface area contributed by atoms with Crippen molar-refractivity contribution in [2.24, 2.45) is 20.8 Å². The summed E-state index contributed by atoms with van der Waals surface area (Å²) in [6.45, 7) is 14.5. The zero-order valence-corrected chi connectivity index (χ0v) is 17.7. The Morgan fingerprint density at radius 2 is 1.69 bits per heavy atom. The molecule has 1 aromatic heterocycles. The van der Waals surface area contributed by atoms with Crippen LogP contribution in [0, 0.1) is 10.8 Å². The van der Waals surface area contributed by atoms with Crippen LogP contribution in [0.25, 0.3) is 11.4 Å². The highest BCUT2D eigenvalue weighted by molar-refractivity contribution is 5.98. The van der Waals surface area contributed by atoms with Crippen LogP contribution < -0.4 is 0 Å². The van der Waals surface area contributed by atoms with Gasteiger partial charge >= 0.3 is 5.97 Å². The first-order valence-electron chi connectivity index (χ1n) is 9.71. The zero-order valence-electron chi connectivity index (χ0n) is 17.7. The lowest BCUT2D eigenvalue weighted by Gasteiger charge is -2.40. The summed E-state index contributed by atoms with van der Waals surface area (Å²) in [6, 6.07) is 6.63. The van der Waals surface area contributed by atoms with Gasteiger partial charge in [-0.15, -0.1) is 0 Å². The standard InChI is InChI=1S/C23H28N4O2/c1-14(26-19-18(24-6)22(2,3)11-12-23(19,4)5)17-13-25-20(27-17)15-7-9-16(10-8-15)21(28)29/h7-10,13H,6,11-12H2,1-5H3,(H,25,27)(H,28,29). The number of aromatic nitrogens is 2. The molecule has 0 saturated heterocycles. The number of nitrogens with one attached hydrogen (secondary N) is 1. The highest BCUT2D eigenvalue weighted by Crippen LogP contribution is 2.49. The Morgan fingerprint density at radius 1 is 1.10 bits per heavy atom. The van der Waals surface area contributed by atoms with Gasteiger partial charge in [0.05, 0.1) is 34.6 Å². The fraction of sp³-hybridized carbons (Fsp3) is 0.391. The Balaban J connectivity index is 1.97. The molecule has 0 bridgehead atoms. The third-order valence-electron chi connectivity index (χ3n) is 5.69. The molecule has 0 unspecified atom stereocenters. The maximum atomic E-state index is 11.0. The van der Waals surface area contributed by atoms with Crippen molar-refractivity contribution >= 4 is 18.4 Å². The molecule has 0 atom stereocenters. The number of carboxylic acid groups (broad SMARTS) is 1. The summed E-state index contributed by atoms with van der Waals surface area (Å²) in [5.74, 6) is -0.275. The van der Waals surface area contributed by atoms with Crippen LogP contribution in [0.2, 0.25) is 0 Å². The molecule has 1 aromatic carbocycles. The summed E-state index contributed by atoms with van der Waals surface area (Å²) < 4.78 is 0. The lowest BCUT2D eigenvalue weighted by molar-refractivity contribution is 0.0697. The molecule has 0 saturated carbocycles. The van der Waals surface area contributed by atoms with Gasteiger partial charge in [-0.05, 0) is 38.6 Å². The molecular weight excluding hydrogens is 364 g/mol. The number of hydrogen-bond acceptors (Lipinski definition) is 4. The van der Waals surface area contributed by atoms with Crippen LogP contribution in [0.5, 0.6) is 0 Å². The first-order valence-corrected chi connectivity index (χ1v) is 9.71. The first kappa shape index (κ1) is 20.7. The summed E-state index contributed by atoms with van der Waals surface area (Å²) in [5.41, 5.74) is 4.51. The smallest absolute Gasteiger partial charge is 0.335 e. The molecule has 2 N–H and O–H groups in total. The van der Waals surface area contributed by atoms with E-state index in [9.17, 15) is 4.79 Å². The Hall–Kier alpha value is -3.02. The number of carboxylic acids is 1. The SMILES string of the molecule is C=NC1=C(N=C(C)c2cnc(-c3ccc(C(=O)O)cc3)[nH]2)C(C)(C)CCC1(C)C. The van der Waals surface area contributed by atoms with Crippen molar-refractivity contribution < 1.29 is 9.90 Å². The van der Waals surface area contributed by atoms with Crippen molar-refractivity contribution in [1.29, 1.82) is 0 Å². The van der Waals surface area contributed by atoms with Crippen molar-refractivity contribution in [3.8, 4) is 11.4 Å². The van der Waals surface area contributed by atoms with Gasteiger partial charge in [0.2, 0.25) is 0 Å². The average molecular weight is 393 g/mol. The molecule has 2 aromatic rings. The molecule has 29 heavy (non-hydrogen) atoms. The summed E-state index contributed by atoms with van der Waals surface area (Å²) in [4.78, 5) is 28.1. The minimum absolute atomic E-state index is 0.0542. The Bertz CT molecular complexity index is 1010. The topological polar surface area (TPSA) is 90.7 Å². The quantitative estimate of drug-likeness (QED) is 0.673. The van der Waals surface area contributed by atoms with E-state index < -0.39 is 5.97 Å². The maximum absolute atomic E-state index is 11.0. The molecule has 0 amide bonds. The second kappa shape index (κ2) is 7.43. The van der Waals surface area contributed by atoms with Gasteiger partial charge in [-0.1, -0.05) is 39.8 Å². The second-order valence-electron chi connectivity index (χ2n) is 8.85. The van der Waals surface area contributed by atoms with Crippen LogP contribution in [-0.2, 0) is 0 Å². The number of allylic oxidation sites excluding steroid dienone is 2. The fourth-order valence-electron chi connectivity index (χ4n) is 3.65. The number of hydrogen-bond donors (Lipinski definition) is 2. The molecule has 0 spiro atoms. The molecule has 0 radical (unpaired) electrons. The maximum Gasteiger partial charge on any atom is 0.335 e. The number of carbonyl (C=O) groups is 1. The molecule has 0 fully saturated rings. The number of aromatic carboxylic acids is 1. The Labute approximate surface area is 171 Å². The second-order valence-corrected chi connectivity index (χ2v) is 8.85. The number of aromatic amines is 1. The highest BCUT2D eigenvalue weighted by Gasteiger charge is 2.39. The third-order valence-corrected chi connectivity index (χ3v) is 5.69. The Morgan fingerprint density at radius 3 is 2.24 bits per heavy atom. The van der Waals surface area contributed by atoms with E-state index in [0.717, 1.165) is 41.2 Å². The average Bonchev–Trinajstić information content (AvgIpc) is 3.15. The third kappa shape index (κ3) is 4.06. The van der Waals surface area contributed by atoms with Crippen molar-refractivity contribution in [3.05, 3.63) is 53.1 Å². The van der Waals surface area contributed by atoms with Gasteiger partial charge in [0, 0.05) is 16.4 Å². The van der Waals surface area contributed by atoms with Crippen molar-refractivity contribution in [1.82, 2.24) is 9.97 Å². The van der Waals surface area contributed by atoms with Gasteiger partial charge < -0.3 is 10.1 Å². The molecule has 1 aliphatic rings. The van der Waals surface area contributed by atoms with Crippen LogP contribution in [0.4, 0.5) is 0 Å². The number of imidazole rings is 1. The van der Waals surface area contributed by atoms with E-state index in [-0.39, 0.29) is 16.4 Å². The van der Waals surface area contributed by atoms with Crippen LogP contribution in [-0.4, -0.2) is 33.5 Å². The first-order chi connectivity index (χ1) is 13.5. The van der Waals surface area contributed by atoms with Crippen LogP contribution in [0.15, 0.2) is 51.8 Å². The van der Waals surface area contributed by atoms with Crippen LogP contribution in [0.1, 0.15) is 63.5 Å². The normalized spacial score (nSPS) is 18.6. The van der Waals surface area contributed by atoms with Crippen molar-refractivity contribution in [3.63, 3.8) is 0 Å². The lowest BCUT2D eigenvalue weighted by Crippen LogP contribution is -2.30. The minimum atomic E-state index is -0.947. The predicted molar refractivity (Wildman–Crippen MR) is 117 cm³/mol. The highest BCUT2D eigenvalue weighted by atomic mass is 16.4. The van der Waals surface area contributed by atoms with E-state index in [1.165, 1.54) is 0 Å². The molecule has 6 nitrogen and oxygen atoms in total. The van der Waals surface area contributed by atoms with Crippen molar-refractivity contribution in [2.75, 3.05) is 0 Å². The summed E-state index contributed by atoms with van der Waals surface area (Å²) in [7, 11) is 0. The molecule has 0 aliphatic heterocycles. The predicted octanol–water partition coefficient (Wildman–Crippen LogP) is 5.34. The van der Waals surface area contributed by atoms with E-state index in [0.29, 0.717) is 5.82 Å². The summed E-state index contributed by atoms with van der Waals surface area (Å²) >= 11 is 0. The van der Waals surface area contributed by atoms with E-state index in [1.54, 1.807) is 30.5 Å². The molecule has 1 heterocycles. The lowest BCUT2D eigenvalue weighted by atomic mass is 9.68. The van der Waals surface area contributed by atoms with Crippen LogP contribution in [0.3, 0.4) is 0 Å². The van der Waals surface area contributed by atoms with Crippen LogP contribution >= 0.6 is 0 Å². The van der Waals surface area contributed by atoms with E-state index in [4.69, 9.17) is 10.1 Å². The molecular formula is C23H28N4O2. The Kier molecular flexibility index (Phi) is 5.30. The fourth-order valence-corrected chi connectivity index (χ4v) is 3.65. The monoisotopic (exact) mass is 392 g/mol. The number of H-pyrrole nitrogens is 1. The van der Waals surface area contributed by atoms with E-state index in [2.05, 4.69) is 49.4 Å². The number of rotatable bonds is 5. The number of nitrogens with zero attached hydrogens (tertiary/aromatic N) is 3. The van der Waals surface area contributed by atoms with Gasteiger partial charge in [-0.3, -0.25) is 9.98 Å². The summed E-state index contributed by atoms with van der Waals surface area (Å²) in [6.07, 6.45) is 3.84. The molecule has 3 rings (SSSR count). The van der Waals surface area contributed by atoms with Crippen molar-refractivity contribution in [2.45, 2.75) is 47.5 Å². The molecule has 1 aliphatic carbocycles. The number of aliphatic imine (C=N–C) groups is 2. The minimum Gasteiger partial charge on any atom is -0.478 e.